The van der Waals surface area contributed by atoms with E-state index >= 15 is 0 Å². The first kappa shape index (κ1) is 16.6. The highest BCUT2D eigenvalue weighted by atomic mass is 79.9. The van der Waals surface area contributed by atoms with Gasteiger partial charge in [-0.3, -0.25) is 0 Å². The van der Waals surface area contributed by atoms with E-state index in [9.17, 15) is 0 Å². The molecule has 0 amide bonds. The number of halogens is 1. The minimum atomic E-state index is 0.632. The van der Waals surface area contributed by atoms with Crippen molar-refractivity contribution in [1.29, 1.82) is 0 Å². The smallest absolute Gasteiger partial charge is 0.0902 e. The maximum absolute atomic E-state index is 3.61. The van der Waals surface area contributed by atoms with Gasteiger partial charge in [0.15, 0.2) is 0 Å². The highest BCUT2D eigenvalue weighted by Crippen LogP contribution is 2.35. The summed E-state index contributed by atoms with van der Waals surface area (Å²) in [5, 5.41) is 0. The number of hydrogen-bond donors (Lipinski definition) is 0. The average molecular weight is 375 g/mol. The second kappa shape index (κ2) is 6.35. The third-order valence-electron chi connectivity index (χ3n) is 5.06. The highest BCUT2D eigenvalue weighted by Gasteiger charge is 2.28. The Morgan fingerprint density at radius 1 is 1.00 bits per heavy atom. The van der Waals surface area contributed by atoms with Crippen LogP contribution in [-0.2, 0) is 0 Å². The van der Waals surface area contributed by atoms with Crippen molar-refractivity contribution in [3.63, 3.8) is 0 Å². The summed E-state index contributed by atoms with van der Waals surface area (Å²) in [4.78, 5) is 5.12. The minimum Gasteiger partial charge on any atom is -0.355 e. The molecular weight excluding hydrogens is 348 g/mol. The summed E-state index contributed by atoms with van der Waals surface area (Å²) >= 11 is 3.61. The lowest BCUT2D eigenvalue weighted by Gasteiger charge is -2.32. The topological polar surface area (TPSA) is 6.48 Å². The molecular formula is C20H27BrN2. The number of aryl methyl sites for hydroxylation is 2. The summed E-state index contributed by atoms with van der Waals surface area (Å²) in [5.74, 6) is 0.632. The van der Waals surface area contributed by atoms with E-state index in [1.807, 2.05) is 0 Å². The van der Waals surface area contributed by atoms with Crippen LogP contribution in [0.25, 0.3) is 0 Å². The van der Waals surface area contributed by atoms with Crippen LogP contribution in [0.2, 0.25) is 0 Å². The normalized spacial score (nSPS) is 22.0. The van der Waals surface area contributed by atoms with Gasteiger partial charge in [-0.1, -0.05) is 34.5 Å². The number of rotatable bonds is 2. The summed E-state index contributed by atoms with van der Waals surface area (Å²) in [7, 11) is 0. The fourth-order valence-corrected chi connectivity index (χ4v) is 5.09. The molecule has 0 bridgehead atoms. The molecule has 1 aliphatic carbocycles. The molecule has 0 spiro atoms. The van der Waals surface area contributed by atoms with Crippen LogP contribution >= 0.6 is 15.9 Å². The largest absolute Gasteiger partial charge is 0.355 e. The molecule has 0 radical (unpaired) electrons. The summed E-state index contributed by atoms with van der Waals surface area (Å²) < 4.78 is 1.17. The van der Waals surface area contributed by atoms with E-state index in [4.69, 9.17) is 0 Å². The highest BCUT2D eigenvalue weighted by molar-refractivity contribution is 9.10. The van der Waals surface area contributed by atoms with Crippen LogP contribution in [0.1, 0.15) is 38.3 Å². The number of anilines is 1. The van der Waals surface area contributed by atoms with Crippen molar-refractivity contribution in [2.24, 2.45) is 5.92 Å². The molecule has 1 saturated heterocycles. The van der Waals surface area contributed by atoms with E-state index in [0.717, 1.165) is 19.8 Å². The monoisotopic (exact) mass is 374 g/mol. The van der Waals surface area contributed by atoms with Crippen LogP contribution in [-0.4, -0.2) is 24.7 Å². The third kappa shape index (κ3) is 3.21. The van der Waals surface area contributed by atoms with Crippen molar-refractivity contribution in [3.8, 4) is 0 Å². The van der Waals surface area contributed by atoms with E-state index in [-0.39, 0.29) is 0 Å². The van der Waals surface area contributed by atoms with Gasteiger partial charge in [0.25, 0.3) is 0 Å². The van der Waals surface area contributed by atoms with Gasteiger partial charge in [0.2, 0.25) is 0 Å². The van der Waals surface area contributed by atoms with Crippen LogP contribution in [0, 0.1) is 19.8 Å². The maximum Gasteiger partial charge on any atom is 0.0902 e. The van der Waals surface area contributed by atoms with Crippen molar-refractivity contribution in [2.75, 3.05) is 24.7 Å². The zero-order valence-corrected chi connectivity index (χ0v) is 16.5. The van der Waals surface area contributed by atoms with Crippen LogP contribution in [0.3, 0.4) is 0 Å². The van der Waals surface area contributed by atoms with E-state index in [0.29, 0.717) is 5.92 Å². The van der Waals surface area contributed by atoms with Gasteiger partial charge in [-0.05, 0) is 62.9 Å². The van der Waals surface area contributed by atoms with Gasteiger partial charge in [-0.25, -0.2) is 0 Å². The standard InChI is InChI=1S/C20H27BrN2/c1-13-8-14(2)19(15(3)9-13)22-6-7-23(12-22)20-16(4)10-18(21)11-17(20)5/h8,10-11,15H,6-7,9,12H2,1-5H3/t15-/m0/s1. The quantitative estimate of drug-likeness (QED) is 0.682. The number of hydrogen-bond acceptors (Lipinski definition) is 2. The Kier molecular flexibility index (Phi) is 4.59. The molecule has 1 fully saturated rings. The zero-order chi connectivity index (χ0) is 16.7. The molecule has 0 N–H and O–H groups in total. The fraction of sp³-hybridized carbons (Fsp3) is 0.500. The molecule has 0 unspecified atom stereocenters. The predicted octanol–water partition coefficient (Wildman–Crippen LogP) is 5.41. The Balaban J connectivity index is 1.86. The molecule has 2 nitrogen and oxygen atoms in total. The summed E-state index contributed by atoms with van der Waals surface area (Å²) in [5.41, 5.74) is 8.63. The Labute approximate surface area is 149 Å². The van der Waals surface area contributed by atoms with Gasteiger partial charge in [-0.2, -0.15) is 0 Å². The van der Waals surface area contributed by atoms with Gasteiger partial charge in [0.1, 0.15) is 0 Å². The second-order valence-corrected chi connectivity index (χ2v) is 8.14. The molecule has 23 heavy (non-hydrogen) atoms. The van der Waals surface area contributed by atoms with E-state index in [2.05, 4.69) is 78.6 Å². The minimum absolute atomic E-state index is 0.632. The van der Waals surface area contributed by atoms with Gasteiger partial charge >= 0.3 is 0 Å². The lowest BCUT2D eigenvalue weighted by atomic mass is 9.89. The molecule has 3 heteroatoms. The Hall–Kier alpha value is -1.22. The molecule has 1 aromatic carbocycles. The SMILES string of the molecule is CC1=CC(C)=C(N2CCN(c3c(C)cc(Br)cc3C)C2)[C@@H](C)C1. The van der Waals surface area contributed by atoms with Crippen LogP contribution < -0.4 is 4.90 Å². The summed E-state index contributed by atoms with van der Waals surface area (Å²) in [6.45, 7) is 14.6. The maximum atomic E-state index is 3.61. The van der Waals surface area contributed by atoms with Crippen LogP contribution in [0.5, 0.6) is 0 Å². The Morgan fingerprint density at radius 3 is 2.22 bits per heavy atom. The Morgan fingerprint density at radius 2 is 1.61 bits per heavy atom. The van der Waals surface area contributed by atoms with Gasteiger partial charge in [-0.15, -0.1) is 0 Å². The first-order chi connectivity index (χ1) is 10.9. The first-order valence-electron chi connectivity index (χ1n) is 8.51. The van der Waals surface area contributed by atoms with E-state index < -0.39 is 0 Å². The van der Waals surface area contributed by atoms with Crippen molar-refractivity contribution < 1.29 is 0 Å². The van der Waals surface area contributed by atoms with Crippen molar-refractivity contribution in [3.05, 3.63) is 50.7 Å². The zero-order valence-electron chi connectivity index (χ0n) is 14.9. The molecule has 1 aromatic rings. The number of allylic oxidation sites excluding steroid dienone is 4. The molecule has 1 atom stereocenters. The average Bonchev–Trinajstić information content (AvgIpc) is 2.85. The lowest BCUT2D eigenvalue weighted by Crippen LogP contribution is -2.30. The Bertz CT molecular complexity index is 664. The molecule has 124 valence electrons. The van der Waals surface area contributed by atoms with Crippen molar-refractivity contribution in [2.45, 2.75) is 41.0 Å². The number of nitrogens with zero attached hydrogens (tertiary/aromatic N) is 2. The molecule has 1 heterocycles. The van der Waals surface area contributed by atoms with E-state index in [1.165, 1.54) is 38.9 Å². The summed E-state index contributed by atoms with van der Waals surface area (Å²) in [6.07, 6.45) is 3.56. The molecule has 0 aromatic heterocycles. The van der Waals surface area contributed by atoms with E-state index in [1.54, 1.807) is 5.70 Å². The summed E-state index contributed by atoms with van der Waals surface area (Å²) in [6, 6.07) is 4.45. The fourth-order valence-electron chi connectivity index (χ4n) is 4.40. The molecule has 1 aliphatic heterocycles. The first-order valence-corrected chi connectivity index (χ1v) is 9.30. The predicted molar refractivity (Wildman–Crippen MR) is 103 cm³/mol. The third-order valence-corrected chi connectivity index (χ3v) is 5.51. The van der Waals surface area contributed by atoms with Gasteiger partial charge in [0.05, 0.1) is 6.67 Å². The lowest BCUT2D eigenvalue weighted by molar-refractivity contribution is 0.363. The molecule has 3 rings (SSSR count). The number of benzene rings is 1. The molecule has 0 saturated carbocycles. The van der Waals surface area contributed by atoms with Gasteiger partial charge in [0, 0.05) is 34.9 Å². The molecule has 2 aliphatic rings. The van der Waals surface area contributed by atoms with Crippen LogP contribution in [0.15, 0.2) is 39.5 Å². The van der Waals surface area contributed by atoms with Crippen molar-refractivity contribution >= 4 is 21.6 Å². The van der Waals surface area contributed by atoms with Gasteiger partial charge < -0.3 is 9.80 Å². The van der Waals surface area contributed by atoms with Crippen LogP contribution in [0.4, 0.5) is 5.69 Å². The van der Waals surface area contributed by atoms with Crippen molar-refractivity contribution in [1.82, 2.24) is 4.90 Å². The second-order valence-electron chi connectivity index (χ2n) is 7.22.